The lowest BCUT2D eigenvalue weighted by Gasteiger charge is -2.44. The van der Waals surface area contributed by atoms with Gasteiger partial charge in [-0.3, -0.25) is 19.2 Å². The lowest BCUT2D eigenvalue weighted by atomic mass is 9.53. The number of carboxylic acid groups (broad SMARTS) is 4. The Balaban J connectivity index is 3.07. The molecule has 0 aliphatic carbocycles. The van der Waals surface area contributed by atoms with Crippen LogP contribution in [0.3, 0.4) is 0 Å². The molecule has 0 heterocycles. The monoisotopic (exact) mass is 414 g/mol. The Labute approximate surface area is 172 Å². The largest absolute Gasteiger partial charge is 0.481 e. The summed E-state index contributed by atoms with van der Waals surface area (Å²) in [5.41, 5.74) is -3.91. The highest BCUT2D eigenvalue weighted by Gasteiger charge is 2.65. The molecular formula is C22H22O8. The molecule has 0 aliphatic rings. The molecule has 0 saturated heterocycles. The van der Waals surface area contributed by atoms with Crippen LogP contribution in [0.1, 0.15) is 35.1 Å². The van der Waals surface area contributed by atoms with E-state index >= 15 is 0 Å². The molecule has 2 aromatic carbocycles. The standard InChI is InChI=1S/C22H22O8/c1-13-3-7-15(8-4-13)21(19(27)28,11-17(23)24)22(20(29)30,12-18(25)26)16-9-5-14(2)6-10-16/h3-10H,11-12H2,1-2H3,(H,23,24)(H,25,26)(H,27,28)(H,29,30). The molecule has 0 fully saturated rings. The summed E-state index contributed by atoms with van der Waals surface area (Å²) in [4.78, 5) is 49.0. The summed E-state index contributed by atoms with van der Waals surface area (Å²) in [7, 11) is 0. The van der Waals surface area contributed by atoms with Crippen molar-refractivity contribution in [3.05, 3.63) is 70.8 Å². The molecule has 158 valence electrons. The molecule has 30 heavy (non-hydrogen) atoms. The number of aryl methyl sites for hydroxylation is 2. The quantitative estimate of drug-likeness (QED) is 0.489. The van der Waals surface area contributed by atoms with Gasteiger partial charge in [-0.15, -0.1) is 0 Å². The maximum absolute atomic E-state index is 12.7. The van der Waals surface area contributed by atoms with Gasteiger partial charge in [-0.05, 0) is 25.0 Å². The van der Waals surface area contributed by atoms with Crippen molar-refractivity contribution in [3.63, 3.8) is 0 Å². The first-order chi connectivity index (χ1) is 14.0. The van der Waals surface area contributed by atoms with E-state index in [0.717, 1.165) is 11.1 Å². The van der Waals surface area contributed by atoms with Crippen LogP contribution in [0.2, 0.25) is 0 Å². The number of rotatable bonds is 9. The lowest BCUT2D eigenvalue weighted by molar-refractivity contribution is -0.166. The van der Waals surface area contributed by atoms with Crippen molar-refractivity contribution in [2.45, 2.75) is 37.5 Å². The van der Waals surface area contributed by atoms with Gasteiger partial charge in [0.15, 0.2) is 0 Å². The predicted molar refractivity (Wildman–Crippen MR) is 105 cm³/mol. The lowest BCUT2D eigenvalue weighted by Crippen LogP contribution is -2.60. The number of carboxylic acids is 4. The van der Waals surface area contributed by atoms with E-state index in [1.165, 1.54) is 48.5 Å². The Morgan fingerprint density at radius 1 is 0.600 bits per heavy atom. The number of carbonyl (C=O) groups is 4. The first kappa shape index (κ1) is 22.6. The van der Waals surface area contributed by atoms with Gasteiger partial charge in [0.2, 0.25) is 0 Å². The van der Waals surface area contributed by atoms with E-state index < -0.39 is 47.5 Å². The van der Waals surface area contributed by atoms with Crippen molar-refractivity contribution in [3.8, 4) is 0 Å². The highest BCUT2D eigenvalue weighted by Crippen LogP contribution is 2.50. The zero-order chi connectivity index (χ0) is 22.7. The molecule has 2 unspecified atom stereocenters. The fraction of sp³-hybridized carbons (Fsp3) is 0.273. The average molecular weight is 414 g/mol. The van der Waals surface area contributed by atoms with Crippen molar-refractivity contribution in [1.82, 2.24) is 0 Å². The molecule has 0 aromatic heterocycles. The summed E-state index contributed by atoms with van der Waals surface area (Å²) < 4.78 is 0. The molecular weight excluding hydrogens is 392 g/mol. The van der Waals surface area contributed by atoms with Gasteiger partial charge in [0.1, 0.15) is 10.8 Å². The number of hydrogen-bond acceptors (Lipinski definition) is 4. The summed E-state index contributed by atoms with van der Waals surface area (Å²) in [5.74, 6) is -6.61. The molecule has 0 bridgehead atoms. The topological polar surface area (TPSA) is 149 Å². The van der Waals surface area contributed by atoms with Crippen molar-refractivity contribution in [2.24, 2.45) is 0 Å². The van der Waals surface area contributed by atoms with Gasteiger partial charge < -0.3 is 20.4 Å². The van der Waals surface area contributed by atoms with Crippen LogP contribution in [0, 0.1) is 13.8 Å². The third kappa shape index (κ3) is 3.76. The van der Waals surface area contributed by atoms with E-state index in [4.69, 9.17) is 0 Å². The van der Waals surface area contributed by atoms with Crippen molar-refractivity contribution in [1.29, 1.82) is 0 Å². The first-order valence-corrected chi connectivity index (χ1v) is 9.02. The minimum Gasteiger partial charge on any atom is -0.481 e. The first-order valence-electron chi connectivity index (χ1n) is 9.02. The predicted octanol–water partition coefficient (Wildman–Crippen LogP) is 2.60. The summed E-state index contributed by atoms with van der Waals surface area (Å²) >= 11 is 0. The van der Waals surface area contributed by atoms with Crippen LogP contribution in [0.25, 0.3) is 0 Å². The molecule has 8 heteroatoms. The zero-order valence-corrected chi connectivity index (χ0v) is 16.5. The molecule has 2 rings (SSSR count). The molecule has 2 atom stereocenters. The molecule has 4 N–H and O–H groups in total. The number of benzene rings is 2. The second kappa shape index (κ2) is 8.36. The third-order valence-electron chi connectivity index (χ3n) is 5.38. The van der Waals surface area contributed by atoms with Gasteiger partial charge in [-0.1, -0.05) is 59.7 Å². The van der Waals surface area contributed by atoms with Crippen molar-refractivity contribution in [2.75, 3.05) is 0 Å². The summed E-state index contributed by atoms with van der Waals surface area (Å²) in [6.45, 7) is 3.45. The fourth-order valence-corrected chi connectivity index (χ4v) is 3.89. The molecule has 0 amide bonds. The van der Waals surface area contributed by atoms with E-state index in [0.29, 0.717) is 0 Å². The van der Waals surface area contributed by atoms with Crippen LogP contribution >= 0.6 is 0 Å². The van der Waals surface area contributed by atoms with Crippen LogP contribution in [-0.2, 0) is 30.0 Å². The van der Waals surface area contributed by atoms with Crippen LogP contribution in [0.15, 0.2) is 48.5 Å². The van der Waals surface area contributed by atoms with E-state index in [1.807, 2.05) is 0 Å². The highest BCUT2D eigenvalue weighted by atomic mass is 16.4. The summed E-state index contributed by atoms with van der Waals surface area (Å²) in [6, 6.07) is 11.4. The molecule has 2 aromatic rings. The van der Waals surface area contributed by atoms with Gasteiger partial charge in [0.05, 0.1) is 12.8 Å². The summed E-state index contributed by atoms with van der Waals surface area (Å²) in [5, 5.41) is 39.7. The second-order valence-electron chi connectivity index (χ2n) is 7.29. The van der Waals surface area contributed by atoms with E-state index in [2.05, 4.69) is 0 Å². The Hall–Kier alpha value is -3.68. The minimum atomic E-state index is -2.59. The Morgan fingerprint density at radius 3 is 1.07 bits per heavy atom. The Bertz CT molecular complexity index is 896. The normalized spacial score (nSPS) is 14.9. The molecule has 8 nitrogen and oxygen atoms in total. The Morgan fingerprint density at radius 2 is 0.867 bits per heavy atom. The highest BCUT2D eigenvalue weighted by molar-refractivity contribution is 6.00. The molecule has 0 saturated carbocycles. The number of aliphatic carboxylic acids is 4. The smallest absolute Gasteiger partial charge is 0.316 e. The average Bonchev–Trinajstić information content (AvgIpc) is 2.65. The van der Waals surface area contributed by atoms with Crippen molar-refractivity contribution >= 4 is 23.9 Å². The van der Waals surface area contributed by atoms with Gasteiger partial charge in [-0.2, -0.15) is 0 Å². The van der Waals surface area contributed by atoms with Crippen molar-refractivity contribution < 1.29 is 39.6 Å². The number of hydrogen-bond donors (Lipinski definition) is 4. The van der Waals surface area contributed by atoms with Crippen LogP contribution in [0.5, 0.6) is 0 Å². The zero-order valence-electron chi connectivity index (χ0n) is 16.5. The van der Waals surface area contributed by atoms with Crippen LogP contribution in [0.4, 0.5) is 0 Å². The Kier molecular flexibility index (Phi) is 6.30. The van der Waals surface area contributed by atoms with Gasteiger partial charge in [0, 0.05) is 0 Å². The second-order valence-corrected chi connectivity index (χ2v) is 7.29. The van der Waals surface area contributed by atoms with E-state index in [1.54, 1.807) is 13.8 Å². The molecule has 0 aliphatic heterocycles. The minimum absolute atomic E-state index is 0.104. The fourth-order valence-electron chi connectivity index (χ4n) is 3.89. The van der Waals surface area contributed by atoms with E-state index in [9.17, 15) is 39.6 Å². The molecule has 0 radical (unpaired) electrons. The third-order valence-corrected chi connectivity index (χ3v) is 5.38. The maximum Gasteiger partial charge on any atom is 0.316 e. The van der Waals surface area contributed by atoms with Gasteiger partial charge in [0.25, 0.3) is 0 Å². The molecule has 0 spiro atoms. The van der Waals surface area contributed by atoms with Gasteiger partial charge in [-0.25, -0.2) is 0 Å². The van der Waals surface area contributed by atoms with Crippen LogP contribution < -0.4 is 0 Å². The van der Waals surface area contributed by atoms with Crippen LogP contribution in [-0.4, -0.2) is 44.3 Å². The van der Waals surface area contributed by atoms with Gasteiger partial charge >= 0.3 is 23.9 Å². The maximum atomic E-state index is 12.7. The SMILES string of the molecule is Cc1ccc(C(CC(=O)O)(C(=O)O)C(CC(=O)O)(C(=O)O)c2ccc(C)cc2)cc1. The van der Waals surface area contributed by atoms with E-state index in [-0.39, 0.29) is 11.1 Å². The summed E-state index contributed by atoms with van der Waals surface area (Å²) in [6.07, 6.45) is -2.25.